The summed E-state index contributed by atoms with van der Waals surface area (Å²) in [5.74, 6) is 0.482. The lowest BCUT2D eigenvalue weighted by atomic mass is 10.3. The van der Waals surface area contributed by atoms with E-state index in [1.165, 1.54) is 13.2 Å². The summed E-state index contributed by atoms with van der Waals surface area (Å²) >= 11 is 6.02. The van der Waals surface area contributed by atoms with Gasteiger partial charge in [-0.15, -0.1) is 0 Å². The Hall–Kier alpha value is -1.73. The van der Waals surface area contributed by atoms with E-state index in [9.17, 15) is 8.42 Å². The van der Waals surface area contributed by atoms with Gasteiger partial charge in [-0.1, -0.05) is 11.6 Å². The summed E-state index contributed by atoms with van der Waals surface area (Å²) in [7, 11) is -2.24. The molecule has 1 aromatic heterocycles. The molecule has 0 saturated heterocycles. The standard InChI is InChI=1S/C14H18ClN3O3S/c1-5-18-10(3)14(9(2)16-18)22(19,20)17-11-6-7-13(21-4)12(15)8-11/h6-8,17H,5H2,1-4H3. The normalized spacial score (nSPS) is 11.5. The molecule has 6 nitrogen and oxygen atoms in total. The fraction of sp³-hybridized carbons (Fsp3) is 0.357. The molecule has 2 rings (SSSR count). The molecule has 120 valence electrons. The number of ether oxygens (including phenoxy) is 1. The van der Waals surface area contributed by atoms with Gasteiger partial charge in [0.2, 0.25) is 0 Å². The number of sulfonamides is 1. The predicted molar refractivity (Wildman–Crippen MR) is 86.2 cm³/mol. The van der Waals surface area contributed by atoms with Gasteiger partial charge in [0.15, 0.2) is 0 Å². The Labute approximate surface area is 135 Å². The number of methoxy groups -OCH3 is 1. The van der Waals surface area contributed by atoms with Gasteiger partial charge in [0.25, 0.3) is 10.0 Å². The monoisotopic (exact) mass is 343 g/mol. The Balaban J connectivity index is 2.40. The van der Waals surface area contributed by atoms with E-state index in [0.717, 1.165) is 0 Å². The van der Waals surface area contributed by atoms with E-state index >= 15 is 0 Å². The molecule has 0 spiro atoms. The van der Waals surface area contributed by atoms with Gasteiger partial charge in [0.1, 0.15) is 10.6 Å². The third-order valence-corrected chi connectivity index (χ3v) is 5.22. The van der Waals surface area contributed by atoms with Crippen molar-refractivity contribution in [3.8, 4) is 5.75 Å². The fourth-order valence-electron chi connectivity index (χ4n) is 2.31. The van der Waals surface area contributed by atoms with Gasteiger partial charge in [-0.2, -0.15) is 5.10 Å². The summed E-state index contributed by atoms with van der Waals surface area (Å²) in [5.41, 5.74) is 1.44. The molecule has 0 fully saturated rings. The Kier molecular flexibility index (Phi) is 4.67. The molecule has 2 aromatic rings. The quantitative estimate of drug-likeness (QED) is 0.905. The van der Waals surface area contributed by atoms with E-state index in [2.05, 4.69) is 9.82 Å². The summed E-state index contributed by atoms with van der Waals surface area (Å²) in [4.78, 5) is 0.196. The lowest BCUT2D eigenvalue weighted by Gasteiger charge is -2.10. The number of aryl methyl sites for hydroxylation is 2. The highest BCUT2D eigenvalue weighted by Crippen LogP contribution is 2.29. The molecule has 1 heterocycles. The first-order valence-corrected chi connectivity index (χ1v) is 8.56. The maximum Gasteiger partial charge on any atom is 0.265 e. The van der Waals surface area contributed by atoms with Gasteiger partial charge in [-0.3, -0.25) is 9.40 Å². The van der Waals surface area contributed by atoms with E-state index < -0.39 is 10.0 Å². The van der Waals surface area contributed by atoms with Gasteiger partial charge in [-0.25, -0.2) is 8.42 Å². The second-order valence-corrected chi connectivity index (χ2v) is 6.80. The highest BCUT2D eigenvalue weighted by Gasteiger charge is 2.24. The van der Waals surface area contributed by atoms with Crippen LogP contribution in [0.3, 0.4) is 0 Å². The van der Waals surface area contributed by atoms with Crippen LogP contribution in [0.15, 0.2) is 23.1 Å². The van der Waals surface area contributed by atoms with Crippen LogP contribution in [0.4, 0.5) is 5.69 Å². The lowest BCUT2D eigenvalue weighted by Crippen LogP contribution is -2.15. The van der Waals surface area contributed by atoms with Crippen LogP contribution in [0, 0.1) is 13.8 Å². The molecule has 22 heavy (non-hydrogen) atoms. The van der Waals surface area contributed by atoms with Gasteiger partial charge in [-0.05, 0) is 39.0 Å². The van der Waals surface area contributed by atoms with E-state index in [4.69, 9.17) is 16.3 Å². The summed E-state index contributed by atoms with van der Waals surface area (Å²) in [6, 6.07) is 4.71. The van der Waals surface area contributed by atoms with Crippen molar-refractivity contribution in [1.82, 2.24) is 9.78 Å². The summed E-state index contributed by atoms with van der Waals surface area (Å²) < 4.78 is 34.4. The maximum absolute atomic E-state index is 12.6. The van der Waals surface area contributed by atoms with E-state index in [0.29, 0.717) is 34.4 Å². The molecule has 1 N–H and O–H groups in total. The number of anilines is 1. The molecule has 0 radical (unpaired) electrons. The lowest BCUT2D eigenvalue weighted by molar-refractivity contribution is 0.415. The van der Waals surface area contributed by atoms with Gasteiger partial charge in [0, 0.05) is 6.54 Å². The van der Waals surface area contributed by atoms with Gasteiger partial charge in [0.05, 0.1) is 29.2 Å². The van der Waals surface area contributed by atoms with Crippen LogP contribution in [-0.4, -0.2) is 25.3 Å². The van der Waals surface area contributed by atoms with Gasteiger partial charge < -0.3 is 4.74 Å². The molecule has 0 atom stereocenters. The Morgan fingerprint density at radius 2 is 2.05 bits per heavy atom. The van der Waals surface area contributed by atoms with Crippen molar-refractivity contribution in [3.63, 3.8) is 0 Å². The first-order valence-electron chi connectivity index (χ1n) is 6.70. The first kappa shape index (κ1) is 16.6. The Morgan fingerprint density at radius 1 is 1.36 bits per heavy atom. The van der Waals surface area contributed by atoms with Crippen LogP contribution in [0.2, 0.25) is 5.02 Å². The van der Waals surface area contributed by atoms with E-state index in [-0.39, 0.29) is 4.90 Å². The number of nitrogens with zero attached hydrogens (tertiary/aromatic N) is 2. The zero-order chi connectivity index (χ0) is 16.5. The molecule has 0 aliphatic carbocycles. The number of halogens is 1. The number of benzene rings is 1. The number of hydrogen-bond donors (Lipinski definition) is 1. The van der Waals surface area contributed by atoms with Gasteiger partial charge >= 0.3 is 0 Å². The first-order chi connectivity index (χ1) is 10.3. The van der Waals surface area contributed by atoms with E-state index in [1.807, 2.05) is 6.92 Å². The smallest absolute Gasteiger partial charge is 0.265 e. The molecule has 0 amide bonds. The highest BCUT2D eigenvalue weighted by atomic mass is 35.5. The third-order valence-electron chi connectivity index (χ3n) is 3.29. The molecule has 0 bridgehead atoms. The van der Waals surface area contributed by atoms with Crippen LogP contribution in [0.25, 0.3) is 0 Å². The predicted octanol–water partition coefficient (Wildman–Crippen LogP) is 2.98. The topological polar surface area (TPSA) is 73.2 Å². The van der Waals surface area contributed by atoms with Crippen LogP contribution in [0.1, 0.15) is 18.3 Å². The van der Waals surface area contributed by atoms with Crippen molar-refractivity contribution in [2.75, 3.05) is 11.8 Å². The van der Waals surface area contributed by atoms with Crippen molar-refractivity contribution < 1.29 is 13.2 Å². The van der Waals surface area contributed by atoms with Crippen molar-refractivity contribution in [2.45, 2.75) is 32.2 Å². The van der Waals surface area contributed by atoms with Crippen molar-refractivity contribution >= 4 is 27.3 Å². The number of nitrogens with one attached hydrogen (secondary N) is 1. The molecular weight excluding hydrogens is 326 g/mol. The zero-order valence-electron chi connectivity index (χ0n) is 12.8. The minimum absolute atomic E-state index is 0.196. The molecule has 0 unspecified atom stereocenters. The average Bonchev–Trinajstić information content (AvgIpc) is 2.73. The molecule has 0 aliphatic rings. The Morgan fingerprint density at radius 3 is 2.55 bits per heavy atom. The van der Waals surface area contributed by atoms with E-state index in [1.54, 1.807) is 30.7 Å². The van der Waals surface area contributed by atoms with Crippen LogP contribution in [-0.2, 0) is 16.6 Å². The second-order valence-electron chi connectivity index (χ2n) is 4.77. The molecule has 1 aromatic carbocycles. The Bertz CT molecular complexity index is 800. The summed E-state index contributed by atoms with van der Waals surface area (Å²) in [5, 5.41) is 4.57. The van der Waals surface area contributed by atoms with Crippen LogP contribution < -0.4 is 9.46 Å². The molecular formula is C14H18ClN3O3S. The molecule has 0 aliphatic heterocycles. The minimum Gasteiger partial charge on any atom is -0.495 e. The SMILES string of the molecule is CCn1nc(C)c(S(=O)(=O)Nc2ccc(OC)c(Cl)c2)c1C. The van der Waals surface area contributed by atoms with Crippen LogP contribution >= 0.6 is 11.6 Å². The van der Waals surface area contributed by atoms with Crippen molar-refractivity contribution in [1.29, 1.82) is 0 Å². The largest absolute Gasteiger partial charge is 0.495 e. The number of rotatable bonds is 5. The highest BCUT2D eigenvalue weighted by molar-refractivity contribution is 7.92. The zero-order valence-corrected chi connectivity index (χ0v) is 14.4. The molecule has 0 saturated carbocycles. The minimum atomic E-state index is -3.73. The average molecular weight is 344 g/mol. The maximum atomic E-state index is 12.6. The summed E-state index contributed by atoms with van der Waals surface area (Å²) in [6.45, 7) is 5.93. The second kappa shape index (κ2) is 6.18. The fourth-order valence-corrected chi connectivity index (χ4v) is 4.03. The third kappa shape index (κ3) is 3.05. The number of aromatic nitrogens is 2. The van der Waals surface area contributed by atoms with Crippen LogP contribution in [0.5, 0.6) is 5.75 Å². The van der Waals surface area contributed by atoms with Crippen molar-refractivity contribution in [3.05, 3.63) is 34.6 Å². The number of hydrogen-bond acceptors (Lipinski definition) is 4. The molecule has 8 heteroatoms. The van der Waals surface area contributed by atoms with Crippen molar-refractivity contribution in [2.24, 2.45) is 0 Å². The summed E-state index contributed by atoms with van der Waals surface area (Å²) in [6.07, 6.45) is 0.